The molecule has 15 rings (SSSR count). The van der Waals surface area contributed by atoms with Gasteiger partial charge in [0.2, 0.25) is 0 Å². The molecule has 10 aromatic carbocycles. The van der Waals surface area contributed by atoms with Crippen LogP contribution in [0.4, 0.5) is 0 Å². The standard InChI is InChI=1S/C72H55N/c1-2-47-17-23-52(24-18-47)56-30-34-59-62-45-68-63(46-67(62)71(65(59)43-56)37-7-8-38-71)60-35-31-57(44-66(60)72(68)39-9-10-40-72)53-27-21-49(22-28-53)16-15-48-19-25-51(26-20-48)55-32-36-70-64(42-55)61-13-5-6-14-69(61)73(70)58-33-29-50-11-3-4-12-54(50)41-58/h2-6,11-36,41-46H,1,7-10,37-40H2/b16-15+. The number of para-hydroxylation sites is 1. The van der Waals surface area contributed by atoms with Crippen molar-refractivity contribution in [2.24, 2.45) is 0 Å². The lowest BCUT2D eigenvalue weighted by molar-refractivity contribution is 0.544. The summed E-state index contributed by atoms with van der Waals surface area (Å²) < 4.78 is 2.41. The van der Waals surface area contributed by atoms with Gasteiger partial charge in [0.1, 0.15) is 0 Å². The second-order valence-corrected chi connectivity index (χ2v) is 21.6. The summed E-state index contributed by atoms with van der Waals surface area (Å²) in [6, 6.07) is 78.4. The normalized spacial score (nSPS) is 15.7. The molecular formula is C72H55N. The van der Waals surface area contributed by atoms with Gasteiger partial charge in [0.05, 0.1) is 11.0 Å². The Labute approximate surface area is 428 Å². The smallest absolute Gasteiger partial charge is 0.0541 e. The molecular weight excluding hydrogens is 879 g/mol. The van der Waals surface area contributed by atoms with Gasteiger partial charge >= 0.3 is 0 Å². The Balaban J connectivity index is 0.696. The van der Waals surface area contributed by atoms with E-state index in [0.29, 0.717) is 0 Å². The molecule has 2 spiro atoms. The Bertz CT molecular complexity index is 4070. The molecule has 1 heterocycles. The van der Waals surface area contributed by atoms with Gasteiger partial charge in [-0.05, 0) is 186 Å². The number of nitrogens with zero attached hydrogens (tertiary/aromatic N) is 1. The molecule has 0 atom stereocenters. The molecule has 1 nitrogen and oxygen atoms in total. The number of aromatic nitrogens is 1. The SMILES string of the molecule is C=Cc1ccc(-c2ccc3c(c2)C2(CCCC2)c2cc4c(cc2-3)C2(CCCC2)c2cc(-c3ccc(/C=C/c5ccc(-c6ccc7c(c6)c6ccccc6n7-c6ccc7ccccc7c6)cc5)cc3)ccc2-4)cc1. The molecule has 1 heteroatoms. The number of rotatable bonds is 7. The van der Waals surface area contributed by atoms with E-state index in [-0.39, 0.29) is 10.8 Å². The molecule has 0 aliphatic heterocycles. The predicted molar refractivity (Wildman–Crippen MR) is 309 cm³/mol. The van der Waals surface area contributed by atoms with Crippen LogP contribution in [0, 0.1) is 0 Å². The quantitative estimate of drug-likeness (QED) is 0.140. The summed E-state index contributed by atoms with van der Waals surface area (Å²) in [5.41, 5.74) is 27.2. The monoisotopic (exact) mass is 933 g/mol. The third kappa shape index (κ3) is 6.54. The third-order valence-corrected chi connectivity index (χ3v) is 17.9. The van der Waals surface area contributed by atoms with Gasteiger partial charge in [0, 0.05) is 27.3 Å². The highest BCUT2D eigenvalue weighted by Crippen LogP contribution is 2.63. The maximum atomic E-state index is 3.98. The minimum absolute atomic E-state index is 0.0813. The highest BCUT2D eigenvalue weighted by molar-refractivity contribution is 6.10. The van der Waals surface area contributed by atoms with Crippen LogP contribution in [0.2, 0.25) is 0 Å². The molecule has 2 saturated carbocycles. The molecule has 4 aliphatic rings. The van der Waals surface area contributed by atoms with Gasteiger partial charge < -0.3 is 4.57 Å². The van der Waals surface area contributed by atoms with Gasteiger partial charge in [0.15, 0.2) is 0 Å². The first-order valence-corrected chi connectivity index (χ1v) is 26.7. The minimum Gasteiger partial charge on any atom is -0.309 e. The van der Waals surface area contributed by atoms with Gasteiger partial charge in [0.25, 0.3) is 0 Å². The topological polar surface area (TPSA) is 4.93 Å². The zero-order valence-corrected chi connectivity index (χ0v) is 41.2. The fraction of sp³-hybridized carbons (Fsp3) is 0.139. The van der Waals surface area contributed by atoms with Crippen LogP contribution in [0.5, 0.6) is 0 Å². The molecule has 0 radical (unpaired) electrons. The molecule has 73 heavy (non-hydrogen) atoms. The van der Waals surface area contributed by atoms with Crippen LogP contribution >= 0.6 is 0 Å². The first-order valence-electron chi connectivity index (χ1n) is 26.7. The summed E-state index contributed by atoms with van der Waals surface area (Å²) in [7, 11) is 0. The van der Waals surface area contributed by atoms with E-state index < -0.39 is 0 Å². The maximum absolute atomic E-state index is 3.98. The molecule has 0 amide bonds. The lowest BCUT2D eigenvalue weighted by Gasteiger charge is -2.29. The third-order valence-electron chi connectivity index (χ3n) is 17.9. The highest BCUT2D eigenvalue weighted by Gasteiger charge is 2.50. The van der Waals surface area contributed by atoms with E-state index in [0.717, 1.165) is 5.56 Å². The van der Waals surface area contributed by atoms with Crippen molar-refractivity contribution in [3.63, 3.8) is 0 Å². The van der Waals surface area contributed by atoms with Gasteiger partial charge in [-0.1, -0.05) is 202 Å². The van der Waals surface area contributed by atoms with E-state index in [1.807, 2.05) is 6.08 Å². The minimum atomic E-state index is 0.0813. The van der Waals surface area contributed by atoms with E-state index in [1.54, 1.807) is 22.3 Å². The number of hydrogen-bond donors (Lipinski definition) is 0. The van der Waals surface area contributed by atoms with Crippen LogP contribution in [0.3, 0.4) is 0 Å². The Kier molecular flexibility index (Phi) is 9.52. The summed E-state index contributed by atoms with van der Waals surface area (Å²) in [4.78, 5) is 0. The second kappa shape index (κ2) is 16.4. The van der Waals surface area contributed by atoms with E-state index in [9.17, 15) is 0 Å². The Morgan fingerprint density at radius 2 is 0.795 bits per heavy atom. The van der Waals surface area contributed by atoms with Crippen molar-refractivity contribution in [1.82, 2.24) is 4.57 Å². The summed E-state index contributed by atoms with van der Waals surface area (Å²) in [6.45, 7) is 3.98. The van der Waals surface area contributed by atoms with Gasteiger partial charge in [-0.3, -0.25) is 0 Å². The van der Waals surface area contributed by atoms with E-state index in [4.69, 9.17) is 0 Å². The van der Waals surface area contributed by atoms with Gasteiger partial charge in [-0.2, -0.15) is 0 Å². The Morgan fingerprint density at radius 3 is 1.36 bits per heavy atom. The fourth-order valence-electron chi connectivity index (χ4n) is 14.2. The van der Waals surface area contributed by atoms with Crippen LogP contribution < -0.4 is 0 Å². The van der Waals surface area contributed by atoms with Crippen LogP contribution in [0.15, 0.2) is 213 Å². The molecule has 0 bridgehead atoms. The van der Waals surface area contributed by atoms with Crippen molar-refractivity contribution in [2.45, 2.75) is 62.2 Å². The predicted octanol–water partition coefficient (Wildman–Crippen LogP) is 19.4. The first kappa shape index (κ1) is 42.4. The van der Waals surface area contributed by atoms with E-state index >= 15 is 0 Å². The van der Waals surface area contributed by atoms with Crippen LogP contribution in [0.25, 0.3) is 112 Å². The lowest BCUT2D eigenvalue weighted by atomic mass is 9.74. The average molecular weight is 934 g/mol. The highest BCUT2D eigenvalue weighted by atomic mass is 15.0. The summed E-state index contributed by atoms with van der Waals surface area (Å²) in [5.74, 6) is 0. The molecule has 0 unspecified atom stereocenters. The van der Waals surface area contributed by atoms with Crippen molar-refractivity contribution in [1.29, 1.82) is 0 Å². The molecule has 348 valence electrons. The fourth-order valence-corrected chi connectivity index (χ4v) is 14.2. The second-order valence-electron chi connectivity index (χ2n) is 21.6. The van der Waals surface area contributed by atoms with E-state index in [1.165, 1.54) is 156 Å². The number of benzene rings is 10. The molecule has 4 aliphatic carbocycles. The lowest BCUT2D eigenvalue weighted by Crippen LogP contribution is -2.22. The van der Waals surface area contributed by atoms with Crippen molar-refractivity contribution >= 4 is 50.8 Å². The maximum Gasteiger partial charge on any atom is 0.0541 e. The zero-order chi connectivity index (χ0) is 48.3. The van der Waals surface area contributed by atoms with Crippen molar-refractivity contribution in [3.05, 3.63) is 252 Å². The first-order chi connectivity index (χ1) is 36.0. The summed E-state index contributed by atoms with van der Waals surface area (Å²) in [5, 5.41) is 5.05. The Hall–Kier alpha value is -8.26. The average Bonchev–Trinajstić information content (AvgIpc) is 4.30. The summed E-state index contributed by atoms with van der Waals surface area (Å²) >= 11 is 0. The molecule has 0 N–H and O–H groups in total. The number of fused-ring (bicyclic) bond motifs is 14. The molecule has 11 aromatic rings. The van der Waals surface area contributed by atoms with Crippen molar-refractivity contribution in [3.8, 4) is 61.3 Å². The molecule has 1 aromatic heterocycles. The van der Waals surface area contributed by atoms with Crippen LogP contribution in [-0.2, 0) is 10.8 Å². The van der Waals surface area contributed by atoms with Gasteiger partial charge in [-0.15, -0.1) is 0 Å². The van der Waals surface area contributed by atoms with Crippen LogP contribution in [0.1, 0.15) is 90.3 Å². The van der Waals surface area contributed by atoms with Gasteiger partial charge in [-0.25, -0.2) is 0 Å². The largest absolute Gasteiger partial charge is 0.309 e. The summed E-state index contributed by atoms with van der Waals surface area (Å²) in [6.07, 6.45) is 16.5. The molecule has 0 saturated heterocycles. The zero-order valence-electron chi connectivity index (χ0n) is 41.2. The van der Waals surface area contributed by atoms with E-state index in [2.05, 4.69) is 230 Å². The van der Waals surface area contributed by atoms with Crippen molar-refractivity contribution < 1.29 is 0 Å². The molecule has 2 fully saturated rings. The Morgan fingerprint density at radius 1 is 0.342 bits per heavy atom. The van der Waals surface area contributed by atoms with Crippen molar-refractivity contribution in [2.75, 3.05) is 0 Å². The van der Waals surface area contributed by atoms with Crippen LogP contribution in [-0.4, -0.2) is 4.57 Å². The number of hydrogen-bond acceptors (Lipinski definition) is 0.